The van der Waals surface area contributed by atoms with Gasteiger partial charge in [0, 0.05) is 0 Å². The fourth-order valence-electron chi connectivity index (χ4n) is 4.13. The van der Waals surface area contributed by atoms with Crippen LogP contribution in [0.3, 0.4) is 0 Å². The lowest BCUT2D eigenvalue weighted by Crippen LogP contribution is -2.55. The largest absolute Gasteiger partial charge is 0.313 e. The van der Waals surface area contributed by atoms with Crippen LogP contribution in [0.15, 0.2) is 0 Å². The van der Waals surface area contributed by atoms with Gasteiger partial charge in [0.25, 0.3) is 0 Å². The highest BCUT2D eigenvalue weighted by atomic mass is 15.0. The normalized spacial score (nSPS) is 29.4. The van der Waals surface area contributed by atoms with Gasteiger partial charge in [-0.3, -0.25) is 0 Å². The molecule has 0 amide bonds. The summed E-state index contributed by atoms with van der Waals surface area (Å²) in [6, 6.07) is 0. The van der Waals surface area contributed by atoms with Crippen LogP contribution >= 0.6 is 0 Å². The lowest BCUT2D eigenvalue weighted by molar-refractivity contribution is 0.0314. The summed E-state index contributed by atoms with van der Waals surface area (Å²) < 4.78 is 0. The monoisotopic (exact) mass is 268 g/mol. The van der Waals surface area contributed by atoms with Crippen LogP contribution in [0.2, 0.25) is 0 Å². The van der Waals surface area contributed by atoms with Gasteiger partial charge in [-0.05, 0) is 68.6 Å². The van der Waals surface area contributed by atoms with E-state index in [-0.39, 0.29) is 0 Å². The van der Waals surface area contributed by atoms with Crippen molar-refractivity contribution < 1.29 is 0 Å². The molecule has 0 heterocycles. The van der Waals surface area contributed by atoms with E-state index in [4.69, 9.17) is 22.9 Å². The fraction of sp³-hybridized carbons (Fsp3) is 1.00. The van der Waals surface area contributed by atoms with Crippen LogP contribution in [0.1, 0.15) is 65.2 Å². The van der Waals surface area contributed by atoms with E-state index < -0.39 is 11.3 Å². The third kappa shape index (κ3) is 3.48. The Morgan fingerprint density at radius 3 is 1.21 bits per heavy atom. The lowest BCUT2D eigenvalue weighted by atomic mass is 9.59. The molecule has 112 valence electrons. The molecule has 0 aliphatic heterocycles. The maximum absolute atomic E-state index is 6.04. The van der Waals surface area contributed by atoms with Gasteiger partial charge < -0.3 is 22.9 Å². The first-order valence-electron chi connectivity index (χ1n) is 7.78. The van der Waals surface area contributed by atoms with E-state index in [1.165, 1.54) is 0 Å². The highest BCUT2D eigenvalue weighted by Gasteiger charge is 2.43. The Balaban J connectivity index is 1.95. The molecule has 2 rings (SSSR count). The van der Waals surface area contributed by atoms with E-state index in [9.17, 15) is 0 Å². The first kappa shape index (κ1) is 15.2. The van der Waals surface area contributed by atoms with Crippen LogP contribution in [0.4, 0.5) is 0 Å². The summed E-state index contributed by atoms with van der Waals surface area (Å²) in [5.41, 5.74) is 23.7. The van der Waals surface area contributed by atoms with Crippen molar-refractivity contribution in [1.29, 1.82) is 0 Å². The van der Waals surface area contributed by atoms with Crippen LogP contribution < -0.4 is 22.9 Å². The van der Waals surface area contributed by atoms with Crippen molar-refractivity contribution in [2.45, 2.75) is 76.5 Å². The van der Waals surface area contributed by atoms with E-state index in [0.29, 0.717) is 5.41 Å². The highest BCUT2D eigenvalue weighted by molar-refractivity contribution is 4.96. The molecule has 4 heteroatoms. The van der Waals surface area contributed by atoms with Gasteiger partial charge in [0.05, 0.1) is 11.3 Å². The second-order valence-corrected chi connectivity index (χ2v) is 7.84. The minimum absolute atomic E-state index is 0.354. The van der Waals surface area contributed by atoms with Crippen LogP contribution in [0.25, 0.3) is 0 Å². The van der Waals surface area contributed by atoms with Crippen molar-refractivity contribution in [3.05, 3.63) is 0 Å². The van der Waals surface area contributed by atoms with E-state index in [2.05, 4.69) is 13.8 Å². The zero-order valence-electron chi connectivity index (χ0n) is 12.6. The number of hydrogen-bond donors (Lipinski definition) is 4. The standard InChI is InChI=1S/C15H32N4/c1-13(2,11-3-7-14(16,17)8-4-11)12-5-9-15(18,19)10-6-12/h11-12H,3-10,16-19H2,1-2H3. The summed E-state index contributed by atoms with van der Waals surface area (Å²) >= 11 is 0. The first-order valence-corrected chi connectivity index (χ1v) is 7.78. The summed E-state index contributed by atoms with van der Waals surface area (Å²) in [6.07, 6.45) is 8.44. The van der Waals surface area contributed by atoms with Crippen molar-refractivity contribution in [1.82, 2.24) is 0 Å². The molecule has 0 unspecified atom stereocenters. The predicted molar refractivity (Wildman–Crippen MR) is 79.9 cm³/mol. The molecule has 2 aliphatic carbocycles. The predicted octanol–water partition coefficient (Wildman–Crippen LogP) is 1.62. The minimum Gasteiger partial charge on any atom is -0.313 e. The number of hydrogen-bond acceptors (Lipinski definition) is 4. The molecular formula is C15H32N4. The Morgan fingerprint density at radius 1 is 0.684 bits per heavy atom. The lowest BCUT2D eigenvalue weighted by Gasteiger charge is -2.48. The van der Waals surface area contributed by atoms with Gasteiger partial charge in [0.15, 0.2) is 0 Å². The minimum atomic E-state index is -0.428. The van der Waals surface area contributed by atoms with Gasteiger partial charge >= 0.3 is 0 Å². The van der Waals surface area contributed by atoms with Crippen molar-refractivity contribution in [2.75, 3.05) is 0 Å². The van der Waals surface area contributed by atoms with Crippen molar-refractivity contribution in [3.63, 3.8) is 0 Å². The molecule has 0 saturated heterocycles. The maximum Gasteiger partial charge on any atom is 0.0636 e. The molecule has 2 aliphatic rings. The molecule has 0 atom stereocenters. The van der Waals surface area contributed by atoms with E-state index >= 15 is 0 Å². The Labute approximate surface area is 117 Å². The molecule has 2 saturated carbocycles. The molecule has 4 nitrogen and oxygen atoms in total. The van der Waals surface area contributed by atoms with E-state index in [0.717, 1.165) is 63.2 Å². The molecule has 0 bridgehead atoms. The Morgan fingerprint density at radius 2 is 0.947 bits per heavy atom. The van der Waals surface area contributed by atoms with Crippen LogP contribution in [-0.4, -0.2) is 11.3 Å². The van der Waals surface area contributed by atoms with Gasteiger partial charge in [-0.25, -0.2) is 0 Å². The van der Waals surface area contributed by atoms with Gasteiger partial charge in [-0.1, -0.05) is 13.8 Å². The Hall–Kier alpha value is -0.160. The smallest absolute Gasteiger partial charge is 0.0636 e. The average Bonchev–Trinajstić information content (AvgIpc) is 2.27. The zero-order chi connectivity index (χ0) is 14.3. The fourth-order valence-corrected chi connectivity index (χ4v) is 4.13. The quantitative estimate of drug-likeness (QED) is 0.571. The Kier molecular flexibility index (Phi) is 4.00. The molecular weight excluding hydrogens is 236 g/mol. The maximum atomic E-state index is 6.04. The van der Waals surface area contributed by atoms with Gasteiger partial charge in [0.2, 0.25) is 0 Å². The molecule has 8 N–H and O–H groups in total. The van der Waals surface area contributed by atoms with Crippen molar-refractivity contribution in [2.24, 2.45) is 40.2 Å². The van der Waals surface area contributed by atoms with Crippen molar-refractivity contribution >= 4 is 0 Å². The number of rotatable bonds is 2. The molecule has 0 aromatic carbocycles. The highest BCUT2D eigenvalue weighted by Crippen LogP contribution is 2.49. The van der Waals surface area contributed by atoms with Crippen LogP contribution in [-0.2, 0) is 0 Å². The molecule has 0 spiro atoms. The summed E-state index contributed by atoms with van der Waals surface area (Å²) in [5, 5.41) is 0. The van der Waals surface area contributed by atoms with Crippen LogP contribution in [0, 0.1) is 17.3 Å². The van der Waals surface area contributed by atoms with E-state index in [1.54, 1.807) is 0 Å². The summed E-state index contributed by atoms with van der Waals surface area (Å²) in [6.45, 7) is 4.84. The summed E-state index contributed by atoms with van der Waals surface area (Å²) in [4.78, 5) is 0. The average molecular weight is 268 g/mol. The van der Waals surface area contributed by atoms with E-state index in [1.807, 2.05) is 0 Å². The molecule has 0 aromatic heterocycles. The summed E-state index contributed by atoms with van der Waals surface area (Å²) in [7, 11) is 0. The van der Waals surface area contributed by atoms with Gasteiger partial charge in [0.1, 0.15) is 0 Å². The second kappa shape index (κ2) is 4.99. The topological polar surface area (TPSA) is 104 Å². The van der Waals surface area contributed by atoms with Gasteiger partial charge in [-0.15, -0.1) is 0 Å². The Bertz CT molecular complexity index is 272. The van der Waals surface area contributed by atoms with Crippen molar-refractivity contribution in [3.8, 4) is 0 Å². The van der Waals surface area contributed by atoms with Gasteiger partial charge in [-0.2, -0.15) is 0 Å². The molecule has 2 fully saturated rings. The zero-order valence-corrected chi connectivity index (χ0v) is 12.6. The third-order valence-corrected chi connectivity index (χ3v) is 5.94. The van der Waals surface area contributed by atoms with Crippen LogP contribution in [0.5, 0.6) is 0 Å². The molecule has 19 heavy (non-hydrogen) atoms. The summed E-state index contributed by atoms with van der Waals surface area (Å²) in [5.74, 6) is 1.47. The third-order valence-electron chi connectivity index (χ3n) is 5.94. The molecule has 0 radical (unpaired) electrons. The molecule has 0 aromatic rings. The second-order valence-electron chi connectivity index (χ2n) is 7.84. The number of nitrogens with two attached hydrogens (primary N) is 4. The first-order chi connectivity index (χ1) is 8.62. The SMILES string of the molecule is CC(C)(C1CCC(N)(N)CC1)C1CCC(N)(N)CC1.